The Kier molecular flexibility index (Phi) is 9.80. The first-order valence-corrected chi connectivity index (χ1v) is 13.0. The zero-order chi connectivity index (χ0) is 30.3. The number of anilines is 1. The molecule has 0 radical (unpaired) electrons. The molecule has 1 aromatic heterocycles. The summed E-state index contributed by atoms with van der Waals surface area (Å²) in [6.07, 6.45) is 0.715. The summed E-state index contributed by atoms with van der Waals surface area (Å²) in [5, 5.41) is 32.8. The predicted octanol–water partition coefficient (Wildman–Crippen LogP) is 3.91. The summed E-state index contributed by atoms with van der Waals surface area (Å²) >= 11 is 0. The third-order valence-corrected chi connectivity index (χ3v) is 6.33. The number of carboxylic acids is 1. The minimum atomic E-state index is -1.30. The highest BCUT2D eigenvalue weighted by atomic mass is 16.5. The number of carbonyl (C=O) groups excluding carboxylic acids is 2. The first kappa shape index (κ1) is 30.8. The van der Waals surface area contributed by atoms with Gasteiger partial charge in [0.05, 0.1) is 24.8 Å². The largest absolute Gasteiger partial charge is 0.478 e. The third kappa shape index (κ3) is 7.67. The molecule has 0 spiro atoms. The van der Waals surface area contributed by atoms with E-state index in [1.165, 1.54) is 18.2 Å². The molecule has 0 saturated heterocycles. The van der Waals surface area contributed by atoms with Crippen molar-refractivity contribution in [2.45, 2.75) is 40.2 Å². The van der Waals surface area contributed by atoms with Crippen molar-refractivity contribution in [2.75, 3.05) is 18.5 Å². The van der Waals surface area contributed by atoms with Crippen molar-refractivity contribution in [3.63, 3.8) is 0 Å². The fraction of sp³-hybridized carbons (Fsp3) is 0.300. The van der Waals surface area contributed by atoms with Gasteiger partial charge in [0.15, 0.2) is 0 Å². The number of benzene rings is 2. The van der Waals surface area contributed by atoms with Gasteiger partial charge in [-0.15, -0.1) is 0 Å². The van der Waals surface area contributed by atoms with Gasteiger partial charge < -0.3 is 31.3 Å². The number of amides is 2. The Morgan fingerprint density at radius 3 is 2.20 bits per heavy atom. The third-order valence-electron chi connectivity index (χ3n) is 6.33. The molecule has 1 atom stereocenters. The minimum absolute atomic E-state index is 0.0815. The summed E-state index contributed by atoms with van der Waals surface area (Å²) in [7, 11) is 0. The number of carboxylic acid groups (broad SMARTS) is 1. The van der Waals surface area contributed by atoms with E-state index in [-0.39, 0.29) is 46.3 Å². The number of hydrogen-bond donors (Lipinski definition) is 6. The van der Waals surface area contributed by atoms with Gasteiger partial charge in [0.2, 0.25) is 5.88 Å². The highest BCUT2D eigenvalue weighted by molar-refractivity contribution is 6.10. The lowest BCUT2D eigenvalue weighted by Crippen LogP contribution is -2.46. The lowest BCUT2D eigenvalue weighted by molar-refractivity contribution is 0.0697. The molecule has 2 aromatic carbocycles. The number of hydrogen-bond acceptors (Lipinski definition) is 7. The molecule has 11 heteroatoms. The van der Waals surface area contributed by atoms with Gasteiger partial charge >= 0.3 is 5.97 Å². The molecule has 0 aliphatic carbocycles. The second-order valence-electron chi connectivity index (χ2n) is 10.5. The maximum Gasteiger partial charge on any atom is 0.336 e. The summed E-state index contributed by atoms with van der Waals surface area (Å²) in [6.45, 7) is 7.61. The van der Waals surface area contributed by atoms with Gasteiger partial charge in [-0.25, -0.2) is 9.78 Å². The van der Waals surface area contributed by atoms with Crippen LogP contribution in [0.2, 0.25) is 0 Å². The van der Waals surface area contributed by atoms with E-state index in [2.05, 4.69) is 15.6 Å². The lowest BCUT2D eigenvalue weighted by atomic mass is 9.87. The number of nitrogens with two attached hydrogens (primary N) is 1. The summed E-state index contributed by atoms with van der Waals surface area (Å²) in [5.74, 6) is -2.39. The summed E-state index contributed by atoms with van der Waals surface area (Å²) in [5.41, 5.74) is 6.16. The summed E-state index contributed by atoms with van der Waals surface area (Å²) in [6, 6.07) is 13.0. The lowest BCUT2D eigenvalue weighted by Gasteiger charge is -2.29. The van der Waals surface area contributed by atoms with Crippen LogP contribution in [0.1, 0.15) is 70.9 Å². The van der Waals surface area contributed by atoms with Crippen molar-refractivity contribution in [1.29, 1.82) is 5.41 Å². The molecule has 0 aliphatic heterocycles. The van der Waals surface area contributed by atoms with Crippen LogP contribution in [0.25, 0.3) is 11.1 Å². The number of aromatic carboxylic acids is 1. The van der Waals surface area contributed by atoms with Gasteiger partial charge in [-0.1, -0.05) is 33.8 Å². The quantitative estimate of drug-likeness (QED) is 0.150. The van der Waals surface area contributed by atoms with E-state index in [0.717, 1.165) is 0 Å². The predicted molar refractivity (Wildman–Crippen MR) is 156 cm³/mol. The average Bonchev–Trinajstić information content (AvgIpc) is 2.93. The Morgan fingerprint density at radius 1 is 1.00 bits per heavy atom. The normalized spacial score (nSPS) is 11.8. The average molecular weight is 562 g/mol. The van der Waals surface area contributed by atoms with Gasteiger partial charge in [0.1, 0.15) is 11.5 Å². The smallest absolute Gasteiger partial charge is 0.336 e. The molecule has 1 heterocycles. The molecular formula is C30H35N5O6. The van der Waals surface area contributed by atoms with Crippen LogP contribution in [0.4, 0.5) is 5.69 Å². The van der Waals surface area contributed by atoms with Crippen LogP contribution in [-0.4, -0.2) is 58.1 Å². The number of ether oxygens (including phenoxy) is 1. The Labute approximate surface area is 238 Å². The van der Waals surface area contributed by atoms with E-state index in [9.17, 15) is 24.6 Å². The Bertz CT molecular complexity index is 1450. The molecule has 41 heavy (non-hydrogen) atoms. The molecular weight excluding hydrogens is 526 g/mol. The van der Waals surface area contributed by atoms with E-state index in [0.29, 0.717) is 24.3 Å². The van der Waals surface area contributed by atoms with Crippen molar-refractivity contribution in [2.24, 2.45) is 11.1 Å². The van der Waals surface area contributed by atoms with Crippen LogP contribution in [0.15, 0.2) is 54.6 Å². The number of nitrogen functional groups attached to an aromatic ring is 1. The molecule has 0 fully saturated rings. The number of aliphatic hydroxyl groups is 1. The molecule has 3 rings (SSSR count). The number of aliphatic hydroxyl groups excluding tert-OH is 1. The molecule has 0 aliphatic rings. The number of nitrogens with one attached hydrogen (secondary N) is 3. The van der Waals surface area contributed by atoms with Crippen molar-refractivity contribution < 1.29 is 29.3 Å². The fourth-order valence-corrected chi connectivity index (χ4v) is 3.92. The highest BCUT2D eigenvalue weighted by Crippen LogP contribution is 2.30. The van der Waals surface area contributed by atoms with Gasteiger partial charge in [-0.05, 0) is 59.9 Å². The molecule has 1 unspecified atom stereocenters. The first-order valence-electron chi connectivity index (χ1n) is 13.0. The van der Waals surface area contributed by atoms with Crippen molar-refractivity contribution in [3.05, 3.63) is 77.0 Å². The van der Waals surface area contributed by atoms with Crippen LogP contribution < -0.4 is 21.1 Å². The molecule has 7 N–H and O–H groups in total. The van der Waals surface area contributed by atoms with E-state index in [1.54, 1.807) is 36.4 Å². The zero-order valence-electron chi connectivity index (χ0n) is 23.4. The molecule has 3 aromatic rings. The first-order chi connectivity index (χ1) is 19.3. The molecule has 216 valence electrons. The van der Waals surface area contributed by atoms with E-state index < -0.39 is 29.2 Å². The van der Waals surface area contributed by atoms with E-state index >= 15 is 0 Å². The van der Waals surface area contributed by atoms with Crippen molar-refractivity contribution in [3.8, 4) is 17.0 Å². The van der Waals surface area contributed by atoms with Crippen LogP contribution in [0.5, 0.6) is 5.88 Å². The van der Waals surface area contributed by atoms with Crippen LogP contribution in [0, 0.1) is 10.8 Å². The SMILES string of the molecule is CCCOc1ccc(-c2ccc(C(=O)NC(CO)C(C)(C)C)cc2C(=O)O)c(C(=O)Nc2ccc(C(=N)N)cc2)n1. The van der Waals surface area contributed by atoms with Gasteiger partial charge in [0.25, 0.3) is 11.8 Å². The minimum Gasteiger partial charge on any atom is -0.478 e. The number of rotatable bonds is 11. The zero-order valence-corrected chi connectivity index (χ0v) is 23.4. The summed E-state index contributed by atoms with van der Waals surface area (Å²) in [4.78, 5) is 43.1. The fourth-order valence-electron chi connectivity index (χ4n) is 3.92. The molecule has 11 nitrogen and oxygen atoms in total. The molecule has 0 bridgehead atoms. The summed E-state index contributed by atoms with van der Waals surface area (Å²) < 4.78 is 5.61. The van der Waals surface area contributed by atoms with E-state index in [4.69, 9.17) is 15.9 Å². The van der Waals surface area contributed by atoms with Crippen LogP contribution >= 0.6 is 0 Å². The monoisotopic (exact) mass is 561 g/mol. The Morgan fingerprint density at radius 2 is 1.63 bits per heavy atom. The number of carbonyl (C=O) groups is 3. The van der Waals surface area contributed by atoms with Crippen molar-refractivity contribution >= 4 is 29.3 Å². The number of aromatic nitrogens is 1. The van der Waals surface area contributed by atoms with Gasteiger partial charge in [-0.2, -0.15) is 0 Å². The maximum absolute atomic E-state index is 13.4. The number of nitrogens with zero attached hydrogens (tertiary/aromatic N) is 1. The second-order valence-corrected chi connectivity index (χ2v) is 10.5. The standard InChI is InChI=1S/C30H35N5O6/c1-5-14-41-24-13-12-21(25(35-24)28(38)33-19-9-6-17(7-10-19)26(31)32)20-11-8-18(15-22(20)29(39)40)27(37)34-23(16-36)30(2,3)4/h6-13,15,23,36H,5,14,16H2,1-4H3,(H3,31,32)(H,33,38)(H,34,37)(H,39,40). The van der Waals surface area contributed by atoms with Crippen LogP contribution in [0.3, 0.4) is 0 Å². The van der Waals surface area contributed by atoms with Gasteiger partial charge in [0, 0.05) is 28.4 Å². The maximum atomic E-state index is 13.4. The molecule has 2 amide bonds. The van der Waals surface area contributed by atoms with Crippen molar-refractivity contribution in [1.82, 2.24) is 10.3 Å². The van der Waals surface area contributed by atoms with Crippen LogP contribution in [-0.2, 0) is 0 Å². The number of amidine groups is 1. The van der Waals surface area contributed by atoms with Gasteiger partial charge in [-0.3, -0.25) is 15.0 Å². The topological polar surface area (TPSA) is 188 Å². The Hall–Kier alpha value is -4.77. The van der Waals surface area contributed by atoms with E-state index in [1.807, 2.05) is 27.7 Å². The highest BCUT2D eigenvalue weighted by Gasteiger charge is 2.27. The molecule has 0 saturated carbocycles. The number of pyridine rings is 1. The Balaban J connectivity index is 2.04. The second kappa shape index (κ2) is 13.1.